The molecule has 0 spiro atoms. The molecule has 0 aliphatic rings. The Labute approximate surface area is 151 Å². The summed E-state index contributed by atoms with van der Waals surface area (Å²) in [6, 6.07) is 11.9. The molecule has 138 valence electrons. The molecule has 0 saturated carbocycles. The van der Waals surface area contributed by atoms with Crippen LogP contribution in [0.5, 0.6) is 5.75 Å². The Morgan fingerprint density at radius 2 is 1.77 bits per heavy atom. The second kappa shape index (κ2) is 9.41. The van der Waals surface area contributed by atoms with E-state index >= 15 is 0 Å². The molecule has 0 radical (unpaired) electrons. The summed E-state index contributed by atoms with van der Waals surface area (Å²) in [7, 11) is 1.68. The van der Waals surface area contributed by atoms with Crippen molar-refractivity contribution in [3.8, 4) is 5.75 Å². The van der Waals surface area contributed by atoms with Crippen LogP contribution in [0.3, 0.4) is 0 Å². The van der Waals surface area contributed by atoms with Crippen LogP contribution < -0.4 is 10.1 Å². The predicted molar refractivity (Wildman–Crippen MR) is 94.8 cm³/mol. The van der Waals surface area contributed by atoms with Crippen molar-refractivity contribution in [3.63, 3.8) is 0 Å². The maximum Gasteiger partial charge on any atom is 0.335 e. The normalized spacial score (nSPS) is 10.2. The van der Waals surface area contributed by atoms with E-state index in [-0.39, 0.29) is 17.4 Å². The molecular weight excluding hydrogens is 339 g/mol. The van der Waals surface area contributed by atoms with Gasteiger partial charge in [-0.25, -0.2) is 14.0 Å². The molecule has 0 heterocycles. The number of rotatable bonds is 8. The molecule has 2 aromatic rings. The Morgan fingerprint density at radius 1 is 1.12 bits per heavy atom. The third kappa shape index (κ3) is 6.08. The average molecular weight is 360 g/mol. The lowest BCUT2D eigenvalue weighted by atomic mass is 10.1. The summed E-state index contributed by atoms with van der Waals surface area (Å²) in [5.41, 5.74) is 1.02. The molecule has 2 amide bonds. The van der Waals surface area contributed by atoms with Gasteiger partial charge in [0.25, 0.3) is 0 Å². The Kier molecular flexibility index (Phi) is 6.96. The third-order valence-corrected chi connectivity index (χ3v) is 3.71. The van der Waals surface area contributed by atoms with Gasteiger partial charge in [0, 0.05) is 20.1 Å². The summed E-state index contributed by atoms with van der Waals surface area (Å²) in [6.07, 6.45) is 0.634. The van der Waals surface area contributed by atoms with Crippen LogP contribution in [0, 0.1) is 5.82 Å². The predicted octanol–water partition coefficient (Wildman–Crippen LogP) is 3.13. The second-order valence-electron chi connectivity index (χ2n) is 5.74. The molecule has 0 bridgehead atoms. The first-order chi connectivity index (χ1) is 12.5. The Bertz CT molecular complexity index is 732. The number of nitrogens with one attached hydrogen (secondary N) is 1. The van der Waals surface area contributed by atoms with E-state index in [0.717, 1.165) is 5.56 Å². The van der Waals surface area contributed by atoms with Crippen LogP contribution in [0.1, 0.15) is 22.3 Å². The number of amides is 2. The fraction of sp³-hybridized carbons (Fsp3) is 0.263. The van der Waals surface area contributed by atoms with Crippen molar-refractivity contribution in [1.82, 2.24) is 10.2 Å². The lowest BCUT2D eigenvalue weighted by Gasteiger charge is -2.18. The van der Waals surface area contributed by atoms with Gasteiger partial charge in [-0.05, 0) is 48.4 Å². The highest BCUT2D eigenvalue weighted by Gasteiger charge is 2.08. The number of nitrogens with zero attached hydrogens (tertiary/aromatic N) is 1. The van der Waals surface area contributed by atoms with E-state index in [1.807, 2.05) is 0 Å². The van der Waals surface area contributed by atoms with Gasteiger partial charge in [0.2, 0.25) is 0 Å². The summed E-state index contributed by atoms with van der Waals surface area (Å²) in [6.45, 7) is 1.24. The number of halogens is 1. The summed E-state index contributed by atoms with van der Waals surface area (Å²) >= 11 is 0. The Hall–Kier alpha value is -3.09. The number of benzene rings is 2. The summed E-state index contributed by atoms with van der Waals surface area (Å²) in [5.74, 6) is -0.710. The minimum atomic E-state index is -0.983. The highest BCUT2D eigenvalue weighted by molar-refractivity contribution is 5.87. The van der Waals surface area contributed by atoms with Crippen LogP contribution in [0.4, 0.5) is 9.18 Å². The van der Waals surface area contributed by atoms with E-state index in [0.29, 0.717) is 31.9 Å². The van der Waals surface area contributed by atoms with Gasteiger partial charge in [-0.1, -0.05) is 12.1 Å². The van der Waals surface area contributed by atoms with E-state index in [1.165, 1.54) is 24.3 Å². The first-order valence-corrected chi connectivity index (χ1v) is 8.15. The van der Waals surface area contributed by atoms with Crippen LogP contribution in [0.25, 0.3) is 0 Å². The molecule has 2 N–H and O–H groups in total. The standard InChI is InChI=1S/C19H21FN2O4/c1-22(11-2-12-26-17-9-7-16(20)8-10-17)19(25)21-13-14-3-5-15(6-4-14)18(23)24/h3-10H,2,11-13H2,1H3,(H,21,25)(H,23,24). The molecule has 0 atom stereocenters. The van der Waals surface area contributed by atoms with Crippen molar-refractivity contribution >= 4 is 12.0 Å². The maximum atomic E-state index is 12.8. The maximum absolute atomic E-state index is 12.8. The molecule has 26 heavy (non-hydrogen) atoms. The summed E-state index contributed by atoms with van der Waals surface area (Å²) < 4.78 is 18.3. The highest BCUT2D eigenvalue weighted by Crippen LogP contribution is 2.11. The minimum absolute atomic E-state index is 0.207. The first-order valence-electron chi connectivity index (χ1n) is 8.15. The fourth-order valence-corrected chi connectivity index (χ4v) is 2.20. The van der Waals surface area contributed by atoms with Gasteiger partial charge in [0.1, 0.15) is 11.6 Å². The smallest absolute Gasteiger partial charge is 0.335 e. The number of carbonyl (C=O) groups is 2. The first kappa shape index (κ1) is 19.2. The topological polar surface area (TPSA) is 78.9 Å². The monoisotopic (exact) mass is 360 g/mol. The zero-order valence-corrected chi connectivity index (χ0v) is 14.4. The highest BCUT2D eigenvalue weighted by atomic mass is 19.1. The summed E-state index contributed by atoms with van der Waals surface area (Å²) in [5, 5.41) is 11.6. The lowest BCUT2D eigenvalue weighted by Crippen LogP contribution is -2.37. The van der Waals surface area contributed by atoms with E-state index in [9.17, 15) is 14.0 Å². The molecule has 0 unspecified atom stereocenters. The number of hydrogen-bond donors (Lipinski definition) is 2. The SMILES string of the molecule is CN(CCCOc1ccc(F)cc1)C(=O)NCc1ccc(C(=O)O)cc1. The van der Waals surface area contributed by atoms with Crippen LogP contribution in [-0.2, 0) is 6.54 Å². The van der Waals surface area contributed by atoms with E-state index in [1.54, 1.807) is 36.2 Å². The zero-order chi connectivity index (χ0) is 18.9. The largest absolute Gasteiger partial charge is 0.494 e. The molecule has 7 heteroatoms. The van der Waals surface area contributed by atoms with Gasteiger partial charge in [0.05, 0.1) is 12.2 Å². The third-order valence-electron chi connectivity index (χ3n) is 3.71. The number of carboxylic acid groups (broad SMARTS) is 1. The van der Waals surface area contributed by atoms with E-state index in [2.05, 4.69) is 5.32 Å². The minimum Gasteiger partial charge on any atom is -0.494 e. The fourth-order valence-electron chi connectivity index (χ4n) is 2.20. The Morgan fingerprint density at radius 3 is 2.38 bits per heavy atom. The number of hydrogen-bond acceptors (Lipinski definition) is 3. The van der Waals surface area contributed by atoms with Crippen LogP contribution >= 0.6 is 0 Å². The van der Waals surface area contributed by atoms with Gasteiger partial charge >= 0.3 is 12.0 Å². The zero-order valence-electron chi connectivity index (χ0n) is 14.4. The molecular formula is C19H21FN2O4. The van der Waals surface area contributed by atoms with Crippen molar-refractivity contribution in [2.45, 2.75) is 13.0 Å². The molecule has 2 aromatic carbocycles. The molecule has 0 saturated heterocycles. The van der Waals surface area contributed by atoms with Crippen molar-refractivity contribution in [1.29, 1.82) is 0 Å². The van der Waals surface area contributed by atoms with Gasteiger partial charge < -0.3 is 20.1 Å². The number of urea groups is 1. The van der Waals surface area contributed by atoms with Gasteiger partial charge in [-0.3, -0.25) is 0 Å². The van der Waals surface area contributed by atoms with Crippen LogP contribution in [0.15, 0.2) is 48.5 Å². The lowest BCUT2D eigenvalue weighted by molar-refractivity contribution is 0.0697. The van der Waals surface area contributed by atoms with Crippen LogP contribution in [0.2, 0.25) is 0 Å². The van der Waals surface area contributed by atoms with Crippen molar-refractivity contribution in [3.05, 3.63) is 65.5 Å². The number of ether oxygens (including phenoxy) is 1. The molecule has 0 aliphatic carbocycles. The average Bonchev–Trinajstić information content (AvgIpc) is 2.64. The van der Waals surface area contributed by atoms with Crippen molar-refractivity contribution in [2.24, 2.45) is 0 Å². The van der Waals surface area contributed by atoms with E-state index < -0.39 is 5.97 Å². The molecule has 2 rings (SSSR count). The molecule has 0 aromatic heterocycles. The number of carboxylic acids is 1. The quantitative estimate of drug-likeness (QED) is 0.709. The van der Waals surface area contributed by atoms with Crippen molar-refractivity contribution in [2.75, 3.05) is 20.2 Å². The molecule has 6 nitrogen and oxygen atoms in total. The molecule has 0 aliphatic heterocycles. The van der Waals surface area contributed by atoms with Crippen molar-refractivity contribution < 1.29 is 23.8 Å². The van der Waals surface area contributed by atoms with Crippen LogP contribution in [-0.4, -0.2) is 42.2 Å². The van der Waals surface area contributed by atoms with Gasteiger partial charge in [0.15, 0.2) is 0 Å². The number of aromatic carboxylic acids is 1. The number of carbonyl (C=O) groups excluding carboxylic acids is 1. The molecule has 0 fully saturated rings. The van der Waals surface area contributed by atoms with Gasteiger partial charge in [-0.2, -0.15) is 0 Å². The Balaban J connectivity index is 1.66. The van der Waals surface area contributed by atoms with E-state index in [4.69, 9.17) is 9.84 Å². The van der Waals surface area contributed by atoms with Gasteiger partial charge in [-0.15, -0.1) is 0 Å². The summed E-state index contributed by atoms with van der Waals surface area (Å²) in [4.78, 5) is 24.4. The second-order valence-corrected chi connectivity index (χ2v) is 5.74.